The van der Waals surface area contributed by atoms with Crippen LogP contribution in [0.15, 0.2) is 66.9 Å². The van der Waals surface area contributed by atoms with Crippen molar-refractivity contribution in [1.29, 1.82) is 0 Å². The molecule has 0 N–H and O–H groups in total. The third-order valence-corrected chi connectivity index (χ3v) is 3.93. The minimum atomic E-state index is -0.384. The molecule has 0 saturated carbocycles. The number of benzene rings is 2. The summed E-state index contributed by atoms with van der Waals surface area (Å²) < 4.78 is 5.19. The Morgan fingerprint density at radius 2 is 1.80 bits per heavy atom. The van der Waals surface area contributed by atoms with Crippen LogP contribution < -0.4 is 0 Å². The van der Waals surface area contributed by atoms with Crippen molar-refractivity contribution < 1.29 is 9.53 Å². The fourth-order valence-electron chi connectivity index (χ4n) is 2.70. The summed E-state index contributed by atoms with van der Waals surface area (Å²) in [5.74, 6) is 0. The number of rotatable bonds is 4. The number of carbonyl (C=O) groups is 1. The maximum Gasteiger partial charge on any atom is 0.414 e. The zero-order valence-corrected chi connectivity index (χ0v) is 14.3. The highest BCUT2D eigenvalue weighted by Crippen LogP contribution is 2.28. The van der Waals surface area contributed by atoms with E-state index >= 15 is 0 Å². The fourth-order valence-corrected chi connectivity index (χ4v) is 2.70. The first kappa shape index (κ1) is 16.7. The molecule has 1 aromatic heterocycles. The lowest BCUT2D eigenvalue weighted by molar-refractivity contribution is 0.131. The van der Waals surface area contributed by atoms with Gasteiger partial charge in [0.2, 0.25) is 0 Å². The van der Waals surface area contributed by atoms with Crippen molar-refractivity contribution in [3.05, 3.63) is 78.0 Å². The molecule has 0 saturated heterocycles. The molecule has 0 atom stereocenters. The third kappa shape index (κ3) is 3.69. The molecule has 0 spiro atoms. The van der Waals surface area contributed by atoms with Crippen molar-refractivity contribution in [3.8, 4) is 0 Å². The van der Waals surface area contributed by atoms with Gasteiger partial charge in [0.1, 0.15) is 0 Å². The highest BCUT2D eigenvalue weighted by Gasteiger charge is 2.18. The van der Waals surface area contributed by atoms with E-state index in [0.29, 0.717) is 6.61 Å². The van der Waals surface area contributed by atoms with Crippen LogP contribution in [0.3, 0.4) is 0 Å². The number of pyridine rings is 1. The molecule has 3 rings (SSSR count). The Labute approximate surface area is 147 Å². The van der Waals surface area contributed by atoms with Crippen molar-refractivity contribution in [2.75, 3.05) is 13.7 Å². The number of aromatic nitrogens is 1. The van der Waals surface area contributed by atoms with Gasteiger partial charge >= 0.3 is 6.09 Å². The predicted molar refractivity (Wildman–Crippen MR) is 101 cm³/mol. The van der Waals surface area contributed by atoms with Gasteiger partial charge in [0, 0.05) is 24.2 Å². The van der Waals surface area contributed by atoms with Gasteiger partial charge in [-0.05, 0) is 30.7 Å². The lowest BCUT2D eigenvalue weighted by atomic mass is 10.0. The van der Waals surface area contributed by atoms with E-state index in [4.69, 9.17) is 4.74 Å². The first-order chi connectivity index (χ1) is 12.2. The summed E-state index contributed by atoms with van der Waals surface area (Å²) in [5, 5.41) is 0.989. The van der Waals surface area contributed by atoms with Gasteiger partial charge in [0.25, 0.3) is 0 Å². The topological polar surface area (TPSA) is 42.4 Å². The summed E-state index contributed by atoms with van der Waals surface area (Å²) >= 11 is 0. The molecule has 0 radical (unpaired) electrons. The molecule has 126 valence electrons. The van der Waals surface area contributed by atoms with E-state index in [2.05, 4.69) is 4.98 Å². The molecule has 3 aromatic rings. The summed E-state index contributed by atoms with van der Waals surface area (Å²) in [4.78, 5) is 18.3. The maximum absolute atomic E-state index is 12.3. The molecule has 2 aromatic carbocycles. The van der Waals surface area contributed by atoms with Gasteiger partial charge < -0.3 is 4.74 Å². The third-order valence-electron chi connectivity index (χ3n) is 3.93. The average molecular weight is 332 g/mol. The quantitative estimate of drug-likeness (QED) is 0.688. The monoisotopic (exact) mass is 332 g/mol. The molecule has 0 unspecified atom stereocenters. The van der Waals surface area contributed by atoms with Crippen LogP contribution in [0, 0.1) is 0 Å². The van der Waals surface area contributed by atoms with Crippen molar-refractivity contribution in [2.24, 2.45) is 0 Å². The van der Waals surface area contributed by atoms with Gasteiger partial charge in [-0.3, -0.25) is 9.88 Å². The zero-order valence-electron chi connectivity index (χ0n) is 14.3. The van der Waals surface area contributed by atoms with Gasteiger partial charge in [0.05, 0.1) is 17.8 Å². The van der Waals surface area contributed by atoms with Crippen LogP contribution in [-0.4, -0.2) is 29.6 Å². The second kappa shape index (κ2) is 7.62. The highest BCUT2D eigenvalue weighted by molar-refractivity contribution is 5.98. The number of carbonyl (C=O) groups excluding carboxylic acids is 1. The molecule has 1 heterocycles. The molecular formula is C21H20N2O2. The van der Waals surface area contributed by atoms with E-state index < -0.39 is 0 Å². The second-order valence-corrected chi connectivity index (χ2v) is 5.57. The lowest BCUT2D eigenvalue weighted by Crippen LogP contribution is -2.26. The van der Waals surface area contributed by atoms with E-state index in [1.807, 2.05) is 66.7 Å². The van der Waals surface area contributed by atoms with Crippen molar-refractivity contribution in [2.45, 2.75) is 6.92 Å². The number of ether oxygens (including phenoxy) is 1. The van der Waals surface area contributed by atoms with E-state index in [0.717, 1.165) is 27.7 Å². The Morgan fingerprint density at radius 1 is 1.08 bits per heavy atom. The second-order valence-electron chi connectivity index (χ2n) is 5.57. The first-order valence-corrected chi connectivity index (χ1v) is 8.22. The number of fused-ring (bicyclic) bond motifs is 1. The molecule has 0 aliphatic rings. The van der Waals surface area contributed by atoms with E-state index in [1.54, 1.807) is 20.2 Å². The summed E-state index contributed by atoms with van der Waals surface area (Å²) in [6, 6.07) is 19.7. The number of hydrogen-bond acceptors (Lipinski definition) is 3. The standard InChI is InChI=1S/C21H20N2O2/c1-3-25-21(24)23(2)20(15-16-9-5-4-6-10-16)18-13-14-22-19-12-8-7-11-17(18)19/h4-15H,3H2,1-2H3/b20-15-. The Morgan fingerprint density at radius 3 is 2.56 bits per heavy atom. The summed E-state index contributed by atoms with van der Waals surface area (Å²) in [6.45, 7) is 2.13. The molecule has 4 heteroatoms. The smallest absolute Gasteiger partial charge is 0.414 e. The zero-order chi connectivity index (χ0) is 17.6. The van der Waals surface area contributed by atoms with Crippen LogP contribution in [0.2, 0.25) is 0 Å². The van der Waals surface area contributed by atoms with Crippen molar-refractivity contribution in [1.82, 2.24) is 9.88 Å². The van der Waals surface area contributed by atoms with Gasteiger partial charge in [-0.25, -0.2) is 4.79 Å². The Balaban J connectivity index is 2.16. The minimum absolute atomic E-state index is 0.332. The van der Waals surface area contributed by atoms with Crippen molar-refractivity contribution >= 4 is 28.8 Å². The first-order valence-electron chi connectivity index (χ1n) is 8.22. The number of nitrogens with zero attached hydrogens (tertiary/aromatic N) is 2. The Bertz CT molecular complexity index is 899. The number of hydrogen-bond donors (Lipinski definition) is 0. The normalized spacial score (nSPS) is 11.4. The molecule has 1 amide bonds. The molecule has 25 heavy (non-hydrogen) atoms. The minimum Gasteiger partial charge on any atom is -0.449 e. The Kier molecular flexibility index (Phi) is 5.09. The highest BCUT2D eigenvalue weighted by atomic mass is 16.6. The van der Waals surface area contributed by atoms with Crippen LogP contribution >= 0.6 is 0 Å². The predicted octanol–water partition coefficient (Wildman–Crippen LogP) is 4.82. The van der Waals surface area contributed by atoms with Crippen LogP contribution in [-0.2, 0) is 4.74 Å². The average Bonchev–Trinajstić information content (AvgIpc) is 2.66. The van der Waals surface area contributed by atoms with E-state index in [1.165, 1.54) is 4.90 Å². The fraction of sp³-hybridized carbons (Fsp3) is 0.143. The van der Waals surface area contributed by atoms with E-state index in [9.17, 15) is 4.79 Å². The molecule has 4 nitrogen and oxygen atoms in total. The van der Waals surface area contributed by atoms with Crippen molar-refractivity contribution in [3.63, 3.8) is 0 Å². The van der Waals surface area contributed by atoms with Gasteiger partial charge in [-0.1, -0.05) is 48.5 Å². The molecule has 0 bridgehead atoms. The summed E-state index contributed by atoms with van der Waals surface area (Å²) in [6.07, 6.45) is 3.36. The Hall–Kier alpha value is -3.14. The van der Waals surface area contributed by atoms with Crippen LogP contribution in [0.25, 0.3) is 22.7 Å². The molecular weight excluding hydrogens is 312 g/mol. The largest absolute Gasteiger partial charge is 0.449 e. The van der Waals surface area contributed by atoms with Crippen LogP contribution in [0.4, 0.5) is 4.79 Å². The molecule has 0 aliphatic heterocycles. The van der Waals surface area contributed by atoms with Gasteiger partial charge in [-0.2, -0.15) is 0 Å². The SMILES string of the molecule is CCOC(=O)N(C)/C(=C\c1ccccc1)c1ccnc2ccccc12. The lowest BCUT2D eigenvalue weighted by Gasteiger charge is -2.21. The van der Waals surface area contributed by atoms with E-state index in [-0.39, 0.29) is 6.09 Å². The summed E-state index contributed by atoms with van der Waals surface area (Å²) in [7, 11) is 1.72. The summed E-state index contributed by atoms with van der Waals surface area (Å²) in [5.41, 5.74) is 3.60. The molecule has 0 aliphatic carbocycles. The molecule has 0 fully saturated rings. The van der Waals surface area contributed by atoms with Gasteiger partial charge in [0.15, 0.2) is 0 Å². The number of para-hydroxylation sites is 1. The number of amides is 1. The van der Waals surface area contributed by atoms with Gasteiger partial charge in [-0.15, -0.1) is 0 Å². The van der Waals surface area contributed by atoms with Crippen LogP contribution in [0.5, 0.6) is 0 Å². The maximum atomic E-state index is 12.3. The van der Waals surface area contributed by atoms with Crippen LogP contribution in [0.1, 0.15) is 18.1 Å².